The van der Waals surface area contributed by atoms with Gasteiger partial charge in [-0.05, 0) is 31.2 Å². The molecule has 0 bridgehead atoms. The van der Waals surface area contributed by atoms with Gasteiger partial charge in [-0.25, -0.2) is 9.78 Å². The quantitative estimate of drug-likeness (QED) is 0.661. The number of aromatic nitrogens is 1. The van der Waals surface area contributed by atoms with Crippen LogP contribution in [0, 0.1) is 0 Å². The van der Waals surface area contributed by atoms with E-state index in [0.717, 1.165) is 12.1 Å². The third-order valence-electron chi connectivity index (χ3n) is 4.11. The molecule has 0 aliphatic rings. The second-order valence-electron chi connectivity index (χ2n) is 5.89. The van der Waals surface area contributed by atoms with E-state index in [1.807, 2.05) is 0 Å². The molecule has 0 fully saturated rings. The SMILES string of the molecule is CCOc1cc2c(C(=O)O)cc(-c3cccc(C(F)(F)F)c3)nc2cc1OC. The highest BCUT2D eigenvalue weighted by molar-refractivity contribution is 6.04. The van der Waals surface area contributed by atoms with Gasteiger partial charge in [-0.2, -0.15) is 13.2 Å². The predicted molar refractivity (Wildman–Crippen MR) is 96.9 cm³/mol. The number of alkyl halides is 3. The van der Waals surface area contributed by atoms with Gasteiger partial charge in [-0.15, -0.1) is 0 Å². The lowest BCUT2D eigenvalue weighted by atomic mass is 10.0. The minimum Gasteiger partial charge on any atom is -0.493 e. The molecule has 0 spiro atoms. The number of carboxylic acid groups (broad SMARTS) is 1. The van der Waals surface area contributed by atoms with E-state index in [4.69, 9.17) is 9.47 Å². The molecule has 5 nitrogen and oxygen atoms in total. The van der Waals surface area contributed by atoms with Crippen molar-refractivity contribution < 1.29 is 32.5 Å². The van der Waals surface area contributed by atoms with Crippen LogP contribution in [0.25, 0.3) is 22.2 Å². The minimum absolute atomic E-state index is 0.0963. The summed E-state index contributed by atoms with van der Waals surface area (Å²) in [6.45, 7) is 2.12. The number of nitrogens with zero attached hydrogens (tertiary/aromatic N) is 1. The van der Waals surface area contributed by atoms with Crippen molar-refractivity contribution in [2.45, 2.75) is 13.1 Å². The van der Waals surface area contributed by atoms with E-state index in [2.05, 4.69) is 4.98 Å². The van der Waals surface area contributed by atoms with Crippen LogP contribution in [0.15, 0.2) is 42.5 Å². The van der Waals surface area contributed by atoms with Crippen LogP contribution in [0.3, 0.4) is 0 Å². The maximum atomic E-state index is 13.0. The van der Waals surface area contributed by atoms with Crippen LogP contribution in [0.4, 0.5) is 13.2 Å². The Labute approximate surface area is 158 Å². The second kappa shape index (κ2) is 7.38. The molecule has 0 aliphatic carbocycles. The lowest BCUT2D eigenvalue weighted by molar-refractivity contribution is -0.137. The molecule has 0 saturated carbocycles. The largest absolute Gasteiger partial charge is 0.493 e. The number of pyridine rings is 1. The van der Waals surface area contributed by atoms with Crippen LogP contribution in [0.5, 0.6) is 11.5 Å². The standard InChI is InChI=1S/C20H16F3NO4/c1-3-28-18-9-13-14(19(25)26)8-15(24-16(13)10-17(18)27-2)11-5-4-6-12(7-11)20(21,22)23/h4-10H,3H2,1-2H3,(H,25,26). The molecule has 8 heteroatoms. The Morgan fingerprint density at radius 2 is 1.89 bits per heavy atom. The van der Waals surface area contributed by atoms with Gasteiger partial charge >= 0.3 is 12.1 Å². The van der Waals surface area contributed by atoms with E-state index < -0.39 is 17.7 Å². The molecule has 28 heavy (non-hydrogen) atoms. The maximum Gasteiger partial charge on any atom is 0.416 e. The van der Waals surface area contributed by atoms with E-state index >= 15 is 0 Å². The van der Waals surface area contributed by atoms with Crippen LogP contribution in [-0.2, 0) is 6.18 Å². The van der Waals surface area contributed by atoms with E-state index in [1.165, 1.54) is 37.4 Å². The smallest absolute Gasteiger partial charge is 0.416 e. The van der Waals surface area contributed by atoms with E-state index in [-0.39, 0.29) is 22.3 Å². The normalized spacial score (nSPS) is 11.5. The van der Waals surface area contributed by atoms with Crippen LogP contribution in [0.2, 0.25) is 0 Å². The molecule has 1 heterocycles. The van der Waals surface area contributed by atoms with E-state index in [1.54, 1.807) is 6.92 Å². The average molecular weight is 391 g/mol. The van der Waals surface area contributed by atoms with Gasteiger partial charge in [0.05, 0.1) is 36.1 Å². The molecule has 0 unspecified atom stereocenters. The molecule has 0 saturated heterocycles. The summed E-state index contributed by atoms with van der Waals surface area (Å²) in [6, 6.07) is 8.84. The van der Waals surface area contributed by atoms with Gasteiger partial charge in [-0.1, -0.05) is 12.1 Å². The third kappa shape index (κ3) is 3.71. The fourth-order valence-corrected chi connectivity index (χ4v) is 2.84. The Balaban J connectivity index is 2.26. The van der Waals surface area contributed by atoms with Crippen LogP contribution >= 0.6 is 0 Å². The molecule has 3 aromatic rings. The fourth-order valence-electron chi connectivity index (χ4n) is 2.84. The first-order valence-electron chi connectivity index (χ1n) is 8.31. The maximum absolute atomic E-state index is 13.0. The molecule has 3 rings (SSSR count). The van der Waals surface area contributed by atoms with Crippen molar-refractivity contribution in [3.8, 4) is 22.8 Å². The van der Waals surface area contributed by atoms with Gasteiger partial charge < -0.3 is 14.6 Å². The number of carbonyl (C=O) groups is 1. The van der Waals surface area contributed by atoms with Crippen LogP contribution < -0.4 is 9.47 Å². The molecule has 0 atom stereocenters. The highest BCUT2D eigenvalue weighted by atomic mass is 19.4. The van der Waals surface area contributed by atoms with Gasteiger partial charge in [0.1, 0.15) is 0 Å². The van der Waals surface area contributed by atoms with Crippen molar-refractivity contribution >= 4 is 16.9 Å². The van der Waals surface area contributed by atoms with E-state index in [9.17, 15) is 23.1 Å². The zero-order valence-electron chi connectivity index (χ0n) is 15.0. The summed E-state index contributed by atoms with van der Waals surface area (Å²) in [4.78, 5) is 16.1. The van der Waals surface area contributed by atoms with Crippen molar-refractivity contribution in [3.05, 3.63) is 53.6 Å². The number of methoxy groups -OCH3 is 1. The monoisotopic (exact) mass is 391 g/mol. The van der Waals surface area contributed by atoms with Gasteiger partial charge in [0.25, 0.3) is 0 Å². The number of rotatable bonds is 5. The molecule has 2 aromatic carbocycles. The summed E-state index contributed by atoms with van der Waals surface area (Å²) in [5.74, 6) is -0.527. The first-order valence-corrected chi connectivity index (χ1v) is 8.31. The van der Waals surface area contributed by atoms with Gasteiger partial charge in [0.2, 0.25) is 0 Å². The highest BCUT2D eigenvalue weighted by Gasteiger charge is 2.30. The minimum atomic E-state index is -4.52. The van der Waals surface area contributed by atoms with Crippen molar-refractivity contribution in [1.82, 2.24) is 4.98 Å². The molecular formula is C20H16F3NO4. The molecule has 0 amide bonds. The number of hydrogen-bond acceptors (Lipinski definition) is 4. The van der Waals surface area contributed by atoms with Crippen molar-refractivity contribution in [3.63, 3.8) is 0 Å². The van der Waals surface area contributed by atoms with Gasteiger partial charge in [0, 0.05) is 17.0 Å². The van der Waals surface area contributed by atoms with Crippen molar-refractivity contribution in [2.24, 2.45) is 0 Å². The van der Waals surface area contributed by atoms with E-state index in [0.29, 0.717) is 23.5 Å². The summed E-state index contributed by atoms with van der Waals surface area (Å²) >= 11 is 0. The first-order chi connectivity index (χ1) is 13.2. The Kier molecular flexibility index (Phi) is 5.13. The summed E-state index contributed by atoms with van der Waals surface area (Å²) in [7, 11) is 1.43. The Bertz CT molecular complexity index is 1050. The molecule has 0 radical (unpaired) electrons. The second-order valence-corrected chi connectivity index (χ2v) is 5.89. The van der Waals surface area contributed by atoms with Crippen molar-refractivity contribution in [1.29, 1.82) is 0 Å². The number of ether oxygens (including phenoxy) is 2. The number of carboxylic acids is 1. The molecule has 0 aliphatic heterocycles. The lowest BCUT2D eigenvalue weighted by Gasteiger charge is -2.13. The Hall–Kier alpha value is -3.29. The zero-order chi connectivity index (χ0) is 20.5. The number of hydrogen-bond donors (Lipinski definition) is 1. The average Bonchev–Trinajstić information content (AvgIpc) is 2.66. The molecular weight excluding hydrogens is 375 g/mol. The van der Waals surface area contributed by atoms with Crippen LogP contribution in [-0.4, -0.2) is 29.8 Å². The number of fused-ring (bicyclic) bond motifs is 1. The lowest BCUT2D eigenvalue weighted by Crippen LogP contribution is -2.05. The topological polar surface area (TPSA) is 68.7 Å². The Morgan fingerprint density at radius 3 is 2.50 bits per heavy atom. The number of halogens is 3. The number of benzene rings is 2. The Morgan fingerprint density at radius 1 is 1.14 bits per heavy atom. The van der Waals surface area contributed by atoms with Gasteiger partial charge in [-0.3, -0.25) is 0 Å². The summed E-state index contributed by atoms with van der Waals surface area (Å²) in [5.41, 5.74) is -0.393. The van der Waals surface area contributed by atoms with Crippen molar-refractivity contribution in [2.75, 3.05) is 13.7 Å². The molecule has 1 N–H and O–H groups in total. The summed E-state index contributed by atoms with van der Waals surface area (Å²) in [6.07, 6.45) is -4.52. The fraction of sp³-hybridized carbons (Fsp3) is 0.200. The summed E-state index contributed by atoms with van der Waals surface area (Å²) in [5, 5.41) is 9.90. The predicted octanol–water partition coefficient (Wildman–Crippen LogP) is 5.03. The summed E-state index contributed by atoms with van der Waals surface area (Å²) < 4.78 is 49.8. The highest BCUT2D eigenvalue weighted by Crippen LogP contribution is 2.36. The first kappa shape index (κ1) is 19.5. The van der Waals surface area contributed by atoms with Crippen LogP contribution in [0.1, 0.15) is 22.8 Å². The van der Waals surface area contributed by atoms with Gasteiger partial charge in [0.15, 0.2) is 11.5 Å². The molecule has 146 valence electrons. The molecule has 1 aromatic heterocycles. The number of aromatic carboxylic acids is 1. The zero-order valence-corrected chi connectivity index (χ0v) is 15.0. The third-order valence-corrected chi connectivity index (χ3v) is 4.11.